The summed E-state index contributed by atoms with van der Waals surface area (Å²) in [4.78, 5) is 15.8. The molecule has 0 unspecified atom stereocenters. The van der Waals surface area contributed by atoms with Crippen LogP contribution in [0.5, 0.6) is 0 Å². The van der Waals surface area contributed by atoms with Crippen molar-refractivity contribution in [2.45, 2.75) is 13.8 Å². The minimum atomic E-state index is -0.129. The molecule has 2 aromatic heterocycles. The third-order valence-electron chi connectivity index (χ3n) is 2.60. The number of carbonyl (C=O) groups is 1. The Hall–Kier alpha value is -1.81. The summed E-state index contributed by atoms with van der Waals surface area (Å²) in [7, 11) is 0. The molecule has 4 nitrogen and oxygen atoms in total. The van der Waals surface area contributed by atoms with Crippen LogP contribution in [0.4, 0.5) is 0 Å². The average Bonchev–Trinajstić information content (AvgIpc) is 2.69. The van der Waals surface area contributed by atoms with Gasteiger partial charge in [0.05, 0.1) is 5.69 Å². The molecule has 19 heavy (non-hydrogen) atoms. The van der Waals surface area contributed by atoms with E-state index in [1.54, 1.807) is 6.08 Å². The summed E-state index contributed by atoms with van der Waals surface area (Å²) in [6.45, 7) is 4.75. The second kappa shape index (κ2) is 5.89. The van der Waals surface area contributed by atoms with Gasteiger partial charge in [-0.05, 0) is 24.1 Å². The quantitative estimate of drug-likeness (QED) is 0.874. The van der Waals surface area contributed by atoms with Crippen molar-refractivity contribution in [3.8, 4) is 0 Å². The average molecular weight is 278 g/mol. The Morgan fingerprint density at radius 1 is 1.53 bits per heavy atom. The number of pyridine rings is 1. The van der Waals surface area contributed by atoms with Crippen molar-refractivity contribution in [3.05, 3.63) is 41.3 Å². The molecule has 0 aliphatic heterocycles. The monoisotopic (exact) mass is 277 g/mol. The molecule has 2 heterocycles. The number of carbonyl (C=O) groups excluding carboxylic acids is 1. The zero-order chi connectivity index (χ0) is 13.8. The number of rotatable bonds is 4. The van der Waals surface area contributed by atoms with Crippen molar-refractivity contribution in [2.75, 3.05) is 6.54 Å². The number of halogens is 1. The predicted molar refractivity (Wildman–Crippen MR) is 77.1 cm³/mol. The summed E-state index contributed by atoms with van der Waals surface area (Å²) in [5.41, 5.74) is 1.46. The van der Waals surface area contributed by atoms with E-state index in [-0.39, 0.29) is 5.91 Å². The highest BCUT2D eigenvalue weighted by molar-refractivity contribution is 6.31. The normalized spacial score (nSPS) is 11.6. The molecule has 1 amide bonds. The largest absolute Gasteiger partial charge is 0.352 e. The van der Waals surface area contributed by atoms with E-state index in [1.807, 2.05) is 42.6 Å². The lowest BCUT2D eigenvalue weighted by Crippen LogP contribution is -2.25. The fourth-order valence-corrected chi connectivity index (χ4v) is 1.89. The first-order chi connectivity index (χ1) is 9.08. The molecule has 5 heteroatoms. The summed E-state index contributed by atoms with van der Waals surface area (Å²) in [6.07, 6.45) is 5.02. The van der Waals surface area contributed by atoms with Gasteiger partial charge < -0.3 is 5.32 Å². The first kappa shape index (κ1) is 13.6. The second-order valence-corrected chi connectivity index (χ2v) is 5.05. The van der Waals surface area contributed by atoms with Crippen LogP contribution in [-0.4, -0.2) is 21.8 Å². The number of imidazole rings is 1. The van der Waals surface area contributed by atoms with E-state index in [2.05, 4.69) is 10.3 Å². The van der Waals surface area contributed by atoms with Gasteiger partial charge in [-0.25, -0.2) is 4.98 Å². The van der Waals surface area contributed by atoms with E-state index in [0.29, 0.717) is 23.3 Å². The summed E-state index contributed by atoms with van der Waals surface area (Å²) in [6, 6.07) is 5.64. The molecule has 0 saturated heterocycles. The minimum absolute atomic E-state index is 0.129. The Labute approximate surface area is 117 Å². The van der Waals surface area contributed by atoms with E-state index < -0.39 is 0 Å². The summed E-state index contributed by atoms with van der Waals surface area (Å²) >= 11 is 6.06. The number of amides is 1. The lowest BCUT2D eigenvalue weighted by molar-refractivity contribution is -0.116. The molecule has 0 saturated carbocycles. The third-order valence-corrected chi connectivity index (χ3v) is 2.88. The lowest BCUT2D eigenvalue weighted by atomic mass is 10.2. The van der Waals surface area contributed by atoms with Crippen LogP contribution in [0.25, 0.3) is 11.7 Å². The molecule has 0 bridgehead atoms. The van der Waals surface area contributed by atoms with Crippen LogP contribution >= 0.6 is 11.6 Å². The standard InChI is InChI=1S/C14H16ClN3O/c1-10(2)9-16-13(19)7-6-11-14(15)17-12-5-3-4-8-18(11)12/h3-8,10H,9H2,1-2H3,(H,16,19)/b7-6+. The van der Waals surface area contributed by atoms with Gasteiger partial charge in [0.25, 0.3) is 0 Å². The fraction of sp³-hybridized carbons (Fsp3) is 0.286. The molecule has 0 aliphatic carbocycles. The number of nitrogens with one attached hydrogen (secondary N) is 1. The van der Waals surface area contributed by atoms with Gasteiger partial charge in [-0.15, -0.1) is 0 Å². The summed E-state index contributed by atoms with van der Waals surface area (Å²) in [5, 5.41) is 3.20. The zero-order valence-electron chi connectivity index (χ0n) is 10.9. The van der Waals surface area contributed by atoms with Crippen LogP contribution in [0, 0.1) is 5.92 Å². The van der Waals surface area contributed by atoms with Gasteiger partial charge >= 0.3 is 0 Å². The molecule has 1 N–H and O–H groups in total. The molecule has 0 radical (unpaired) electrons. The van der Waals surface area contributed by atoms with Crippen LogP contribution < -0.4 is 5.32 Å². The molecule has 0 fully saturated rings. The third kappa shape index (κ3) is 3.35. The Morgan fingerprint density at radius 2 is 2.32 bits per heavy atom. The highest BCUT2D eigenvalue weighted by atomic mass is 35.5. The molecule has 0 aliphatic rings. The van der Waals surface area contributed by atoms with Crippen molar-refractivity contribution in [1.82, 2.24) is 14.7 Å². The van der Waals surface area contributed by atoms with Crippen molar-refractivity contribution in [3.63, 3.8) is 0 Å². The van der Waals surface area contributed by atoms with Crippen molar-refractivity contribution in [2.24, 2.45) is 5.92 Å². The summed E-state index contributed by atoms with van der Waals surface area (Å²) in [5.74, 6) is 0.299. The Kier molecular flexibility index (Phi) is 4.22. The number of hydrogen-bond acceptors (Lipinski definition) is 2. The number of fused-ring (bicyclic) bond motifs is 1. The lowest BCUT2D eigenvalue weighted by Gasteiger charge is -2.04. The molecule has 0 spiro atoms. The predicted octanol–water partition coefficient (Wildman–Crippen LogP) is 2.77. The number of hydrogen-bond donors (Lipinski definition) is 1. The Morgan fingerprint density at radius 3 is 3.05 bits per heavy atom. The highest BCUT2D eigenvalue weighted by Gasteiger charge is 2.07. The van der Waals surface area contributed by atoms with Crippen LogP contribution in [0.15, 0.2) is 30.5 Å². The van der Waals surface area contributed by atoms with Crippen molar-refractivity contribution in [1.29, 1.82) is 0 Å². The topological polar surface area (TPSA) is 46.4 Å². The summed E-state index contributed by atoms with van der Waals surface area (Å²) < 4.78 is 1.84. The van der Waals surface area contributed by atoms with Gasteiger partial charge in [0.15, 0.2) is 5.15 Å². The van der Waals surface area contributed by atoms with Crippen molar-refractivity contribution >= 4 is 29.2 Å². The Balaban J connectivity index is 2.17. The minimum Gasteiger partial charge on any atom is -0.352 e. The van der Waals surface area contributed by atoms with Crippen molar-refractivity contribution < 1.29 is 4.79 Å². The van der Waals surface area contributed by atoms with Crippen LogP contribution in [0.1, 0.15) is 19.5 Å². The van der Waals surface area contributed by atoms with Crippen LogP contribution in [0.3, 0.4) is 0 Å². The van der Waals surface area contributed by atoms with E-state index in [0.717, 1.165) is 5.65 Å². The fourth-order valence-electron chi connectivity index (χ4n) is 1.65. The maximum absolute atomic E-state index is 11.6. The SMILES string of the molecule is CC(C)CNC(=O)/C=C/c1c(Cl)nc2ccccn12. The van der Waals surface area contributed by atoms with Gasteiger partial charge in [-0.3, -0.25) is 9.20 Å². The molecule has 2 aromatic rings. The van der Waals surface area contributed by atoms with E-state index in [1.165, 1.54) is 6.08 Å². The van der Waals surface area contributed by atoms with Gasteiger partial charge in [-0.2, -0.15) is 0 Å². The second-order valence-electron chi connectivity index (χ2n) is 4.69. The first-order valence-electron chi connectivity index (χ1n) is 6.16. The smallest absolute Gasteiger partial charge is 0.244 e. The molecular weight excluding hydrogens is 262 g/mol. The maximum atomic E-state index is 11.6. The van der Waals surface area contributed by atoms with E-state index in [4.69, 9.17) is 11.6 Å². The maximum Gasteiger partial charge on any atom is 0.244 e. The van der Waals surface area contributed by atoms with Gasteiger partial charge in [0, 0.05) is 18.8 Å². The Bertz CT molecular complexity index is 616. The molecular formula is C14H16ClN3O. The molecule has 0 aromatic carbocycles. The molecule has 0 atom stereocenters. The van der Waals surface area contributed by atoms with E-state index >= 15 is 0 Å². The molecule has 2 rings (SSSR count). The van der Waals surface area contributed by atoms with Crippen LogP contribution in [0.2, 0.25) is 5.15 Å². The van der Waals surface area contributed by atoms with Gasteiger partial charge in [0.2, 0.25) is 5.91 Å². The zero-order valence-corrected chi connectivity index (χ0v) is 11.7. The van der Waals surface area contributed by atoms with Gasteiger partial charge in [0.1, 0.15) is 5.65 Å². The number of nitrogens with zero attached hydrogens (tertiary/aromatic N) is 2. The van der Waals surface area contributed by atoms with Gasteiger partial charge in [-0.1, -0.05) is 31.5 Å². The molecule has 100 valence electrons. The van der Waals surface area contributed by atoms with Crippen LogP contribution in [-0.2, 0) is 4.79 Å². The van der Waals surface area contributed by atoms with E-state index in [9.17, 15) is 4.79 Å². The highest BCUT2D eigenvalue weighted by Crippen LogP contribution is 2.18. The first-order valence-corrected chi connectivity index (χ1v) is 6.54. The number of aromatic nitrogens is 2.